The number of hydrogen-bond acceptors (Lipinski definition) is 9. The minimum Gasteiger partial charge on any atom is -0.496 e. The summed E-state index contributed by atoms with van der Waals surface area (Å²) < 4.78 is 24.0. The third kappa shape index (κ3) is 8.80. The molecule has 2 aromatic carbocycles. The first-order valence-electron chi connectivity index (χ1n) is 18.6. The van der Waals surface area contributed by atoms with Gasteiger partial charge in [0.15, 0.2) is 11.5 Å². The molecule has 1 unspecified atom stereocenters. The van der Waals surface area contributed by atoms with Crippen LogP contribution in [0.2, 0.25) is 0 Å². The summed E-state index contributed by atoms with van der Waals surface area (Å²) in [5.74, 6) is 1.11. The largest absolute Gasteiger partial charge is 0.496 e. The van der Waals surface area contributed by atoms with Crippen LogP contribution in [0.25, 0.3) is 11.1 Å². The third-order valence-corrected chi connectivity index (χ3v) is 10.3. The van der Waals surface area contributed by atoms with E-state index in [9.17, 15) is 19.2 Å². The molecule has 282 valence electrons. The van der Waals surface area contributed by atoms with E-state index in [0.717, 1.165) is 29.8 Å². The summed E-state index contributed by atoms with van der Waals surface area (Å²) in [4.78, 5) is 61.2. The highest BCUT2D eigenvalue weighted by Crippen LogP contribution is 2.41. The highest BCUT2D eigenvalue weighted by Gasteiger charge is 2.40. The monoisotopic (exact) mass is 719 g/mol. The van der Waals surface area contributed by atoms with Gasteiger partial charge in [0.2, 0.25) is 17.7 Å². The van der Waals surface area contributed by atoms with Crippen LogP contribution in [0.1, 0.15) is 62.4 Å². The van der Waals surface area contributed by atoms with E-state index in [0.29, 0.717) is 114 Å². The zero-order chi connectivity index (χ0) is 36.8. The zero-order valence-electron chi connectivity index (χ0n) is 31.0. The number of methoxy groups -OCH3 is 1. The van der Waals surface area contributed by atoms with Gasteiger partial charge in [0, 0.05) is 74.5 Å². The molecule has 2 saturated heterocycles. The van der Waals surface area contributed by atoms with Crippen LogP contribution < -0.4 is 19.5 Å². The van der Waals surface area contributed by atoms with Gasteiger partial charge in [-0.1, -0.05) is 0 Å². The number of morpholine rings is 1. The molecule has 0 saturated carbocycles. The lowest BCUT2D eigenvalue weighted by Crippen LogP contribution is -2.45. The first-order valence-corrected chi connectivity index (χ1v) is 18.6. The van der Waals surface area contributed by atoms with Gasteiger partial charge >= 0.3 is 0 Å². The normalized spacial score (nSPS) is 20.9. The van der Waals surface area contributed by atoms with E-state index >= 15 is 0 Å². The number of amides is 4. The number of hydrogen-bond donors (Lipinski definition) is 1. The fourth-order valence-corrected chi connectivity index (χ4v) is 7.37. The van der Waals surface area contributed by atoms with Crippen molar-refractivity contribution >= 4 is 23.6 Å². The van der Waals surface area contributed by atoms with Crippen LogP contribution >= 0.6 is 0 Å². The number of nitrogens with one attached hydrogen (secondary N) is 1. The van der Waals surface area contributed by atoms with Crippen LogP contribution in [-0.4, -0.2) is 135 Å². The fourth-order valence-electron chi connectivity index (χ4n) is 7.37. The molecule has 1 N–H and O–H groups in total. The number of fused-ring (bicyclic) bond motifs is 7. The molecule has 2 aromatic rings. The van der Waals surface area contributed by atoms with Crippen molar-refractivity contribution < 1.29 is 38.1 Å². The first-order chi connectivity index (χ1) is 25.0. The summed E-state index contributed by atoms with van der Waals surface area (Å²) in [6.07, 6.45) is 2.17. The Morgan fingerprint density at radius 1 is 0.885 bits per heavy atom. The smallest absolute Gasteiger partial charge is 0.251 e. The predicted octanol–water partition coefficient (Wildman–Crippen LogP) is 3.18. The molecule has 1 atom stereocenters. The lowest BCUT2D eigenvalue weighted by molar-refractivity contribution is -0.136. The van der Waals surface area contributed by atoms with E-state index < -0.39 is 5.92 Å². The Labute approximate surface area is 306 Å². The Balaban J connectivity index is 1.27. The molecule has 0 aliphatic carbocycles. The van der Waals surface area contributed by atoms with Crippen molar-refractivity contribution in [2.45, 2.75) is 58.5 Å². The molecule has 6 rings (SSSR count). The van der Waals surface area contributed by atoms with E-state index in [2.05, 4.69) is 10.2 Å². The van der Waals surface area contributed by atoms with Gasteiger partial charge in [-0.2, -0.15) is 0 Å². The number of benzene rings is 2. The second-order valence-electron chi connectivity index (χ2n) is 15.0. The van der Waals surface area contributed by atoms with Gasteiger partial charge in [-0.25, -0.2) is 0 Å². The Kier molecular flexibility index (Phi) is 11.9. The number of rotatable bonds is 4. The number of nitrogens with zero attached hydrogens (tertiary/aromatic N) is 4. The summed E-state index contributed by atoms with van der Waals surface area (Å²) >= 11 is 0. The molecule has 4 aliphatic rings. The van der Waals surface area contributed by atoms with Crippen LogP contribution in [0.15, 0.2) is 30.3 Å². The molecular formula is C39H53N5O8. The van der Waals surface area contributed by atoms with Crippen LogP contribution in [0.5, 0.6) is 17.2 Å². The Morgan fingerprint density at radius 2 is 1.67 bits per heavy atom. The van der Waals surface area contributed by atoms with Crippen molar-refractivity contribution in [1.29, 1.82) is 0 Å². The quantitative estimate of drug-likeness (QED) is 0.507. The fraction of sp³-hybridized carbons (Fsp3) is 0.590. The highest BCUT2D eigenvalue weighted by molar-refractivity contribution is 5.96. The van der Waals surface area contributed by atoms with Crippen LogP contribution in [0.4, 0.5) is 0 Å². The Hall–Kier alpha value is -4.36. The van der Waals surface area contributed by atoms with Crippen molar-refractivity contribution in [3.05, 3.63) is 41.5 Å². The second kappa shape index (κ2) is 16.5. The summed E-state index contributed by atoms with van der Waals surface area (Å²) in [5.41, 5.74) is 2.41. The van der Waals surface area contributed by atoms with Crippen molar-refractivity contribution in [3.8, 4) is 28.4 Å². The van der Waals surface area contributed by atoms with E-state index in [1.807, 2.05) is 48.8 Å². The SMILES string of the molecule is COc1ccc2cc1-c1cc3c(c(c1)OCCCN(C(=O)C1CC(=O)N(C(C)(C)C)C1)CCCCNC2=O)OCCN(C(=O)CN1CCOCC1)C3. The van der Waals surface area contributed by atoms with E-state index in [1.165, 1.54) is 0 Å². The second-order valence-corrected chi connectivity index (χ2v) is 15.0. The lowest BCUT2D eigenvalue weighted by atomic mass is 9.98. The summed E-state index contributed by atoms with van der Waals surface area (Å²) in [6.45, 7) is 12.2. The minimum atomic E-state index is -0.391. The van der Waals surface area contributed by atoms with E-state index in [4.69, 9.17) is 18.9 Å². The molecule has 13 nitrogen and oxygen atoms in total. The molecule has 13 heteroatoms. The van der Waals surface area contributed by atoms with E-state index in [1.54, 1.807) is 24.1 Å². The summed E-state index contributed by atoms with van der Waals surface area (Å²) in [7, 11) is 1.60. The minimum absolute atomic E-state index is 0.00428. The van der Waals surface area contributed by atoms with Crippen molar-refractivity contribution in [2.75, 3.05) is 85.9 Å². The van der Waals surface area contributed by atoms with Gasteiger partial charge in [0.1, 0.15) is 12.4 Å². The molecule has 4 amide bonds. The topological polar surface area (TPSA) is 130 Å². The van der Waals surface area contributed by atoms with Crippen LogP contribution in [0.3, 0.4) is 0 Å². The number of likely N-dealkylation sites (tertiary alicyclic amines) is 1. The molecule has 2 fully saturated rings. The van der Waals surface area contributed by atoms with Crippen LogP contribution in [-0.2, 0) is 25.7 Å². The van der Waals surface area contributed by atoms with Gasteiger partial charge < -0.3 is 39.0 Å². The third-order valence-electron chi connectivity index (χ3n) is 10.3. The molecule has 4 bridgehead atoms. The molecule has 0 spiro atoms. The number of ether oxygens (including phenoxy) is 4. The maximum absolute atomic E-state index is 13.9. The van der Waals surface area contributed by atoms with Gasteiger partial charge in [0.05, 0.1) is 45.9 Å². The van der Waals surface area contributed by atoms with Gasteiger partial charge in [-0.15, -0.1) is 0 Å². The lowest BCUT2D eigenvalue weighted by Gasteiger charge is -2.32. The molecule has 4 aliphatic heterocycles. The van der Waals surface area contributed by atoms with Crippen molar-refractivity contribution in [2.24, 2.45) is 5.92 Å². The predicted molar refractivity (Wildman–Crippen MR) is 194 cm³/mol. The number of carbonyl (C=O) groups is 4. The summed E-state index contributed by atoms with van der Waals surface area (Å²) in [6, 6.07) is 9.24. The molecule has 0 radical (unpaired) electrons. The highest BCUT2D eigenvalue weighted by atomic mass is 16.5. The van der Waals surface area contributed by atoms with Crippen molar-refractivity contribution in [1.82, 2.24) is 24.9 Å². The standard InChI is InChI=1S/C39H53N5O8/c1-39(2,3)44-25-30(23-34(44)45)38(48)42-11-6-5-10-40-37(47)27-8-9-32(49-4)31(21-27)28-20-29-24-43(35(46)26-41-13-17-50-18-14-41)15-19-52-36(29)33(22-28)51-16-7-12-42/h8-9,20-22,30H,5-7,10-19,23-26H2,1-4H3,(H,40,47). The van der Waals surface area contributed by atoms with Crippen LogP contribution in [0, 0.1) is 5.92 Å². The maximum atomic E-state index is 13.9. The Morgan fingerprint density at radius 3 is 2.42 bits per heavy atom. The average Bonchev–Trinajstić information content (AvgIpc) is 3.40. The van der Waals surface area contributed by atoms with Gasteiger partial charge in [-0.3, -0.25) is 24.1 Å². The molecular weight excluding hydrogens is 666 g/mol. The van der Waals surface area contributed by atoms with Gasteiger partial charge in [-0.05, 0) is 75.9 Å². The number of carbonyl (C=O) groups excluding carboxylic acids is 4. The summed E-state index contributed by atoms with van der Waals surface area (Å²) in [5, 5.41) is 3.03. The Bertz CT molecular complexity index is 1630. The molecule has 52 heavy (non-hydrogen) atoms. The maximum Gasteiger partial charge on any atom is 0.251 e. The van der Waals surface area contributed by atoms with E-state index in [-0.39, 0.29) is 35.6 Å². The molecule has 4 heterocycles. The first kappa shape index (κ1) is 37.4. The average molecular weight is 720 g/mol. The zero-order valence-corrected chi connectivity index (χ0v) is 31.0. The van der Waals surface area contributed by atoms with Crippen molar-refractivity contribution in [3.63, 3.8) is 0 Å². The van der Waals surface area contributed by atoms with Gasteiger partial charge in [0.25, 0.3) is 5.91 Å². The molecule has 0 aromatic heterocycles.